The summed E-state index contributed by atoms with van der Waals surface area (Å²) < 4.78 is 7.85. The van der Waals surface area contributed by atoms with Gasteiger partial charge >= 0.3 is 0 Å². The van der Waals surface area contributed by atoms with Crippen LogP contribution in [0.25, 0.3) is 32.6 Å². The van der Waals surface area contributed by atoms with Gasteiger partial charge in [-0.1, -0.05) is 6.07 Å². The number of nitrogens with zero attached hydrogens (tertiary/aromatic N) is 3. The van der Waals surface area contributed by atoms with Crippen LogP contribution in [0.1, 0.15) is 12.5 Å². The largest absolute Gasteiger partial charge is 0.492 e. The Morgan fingerprint density at radius 3 is 2.70 bits per heavy atom. The third kappa shape index (κ3) is 3.08. The van der Waals surface area contributed by atoms with Crippen molar-refractivity contribution in [2.24, 2.45) is 0 Å². The summed E-state index contributed by atoms with van der Waals surface area (Å²) in [4.78, 5) is 12.5. The summed E-state index contributed by atoms with van der Waals surface area (Å²) in [5.74, 6) is 0.895. The van der Waals surface area contributed by atoms with E-state index in [1.807, 2.05) is 44.2 Å². The number of hydrogen-bond acceptors (Lipinski definition) is 4. The minimum atomic E-state index is 0.608. The van der Waals surface area contributed by atoms with E-state index in [0.29, 0.717) is 13.2 Å². The standard InChI is InChI=1S/C22H25N3O2/c1-5-27-25-20-9-6-16-12-17(26-11-10-24(3)4)7-8-18(16)21(20)19-14-23-13-15(2)22(19)25/h6-9,12-14H,5,10-11H2,1-4H3. The monoisotopic (exact) mass is 363 g/mol. The summed E-state index contributed by atoms with van der Waals surface area (Å²) in [6.07, 6.45) is 3.82. The van der Waals surface area contributed by atoms with Crippen LogP contribution in [0.2, 0.25) is 0 Å². The van der Waals surface area contributed by atoms with Gasteiger partial charge in [-0.3, -0.25) is 4.98 Å². The van der Waals surface area contributed by atoms with E-state index in [1.54, 1.807) is 0 Å². The number of hydrogen-bond donors (Lipinski definition) is 0. The first kappa shape index (κ1) is 17.6. The van der Waals surface area contributed by atoms with Gasteiger partial charge in [0, 0.05) is 29.7 Å². The van der Waals surface area contributed by atoms with Crippen molar-refractivity contribution in [2.75, 3.05) is 33.9 Å². The van der Waals surface area contributed by atoms with E-state index in [-0.39, 0.29) is 0 Å². The molecule has 5 heteroatoms. The van der Waals surface area contributed by atoms with E-state index in [4.69, 9.17) is 9.57 Å². The Labute approximate surface area is 159 Å². The van der Waals surface area contributed by atoms with Crippen LogP contribution in [-0.2, 0) is 0 Å². The normalized spacial score (nSPS) is 11.7. The molecule has 0 spiro atoms. The van der Waals surface area contributed by atoms with Crippen molar-refractivity contribution < 1.29 is 9.57 Å². The van der Waals surface area contributed by atoms with Gasteiger partial charge in [0.1, 0.15) is 19.0 Å². The molecular formula is C22H25N3O2. The third-order valence-electron chi connectivity index (χ3n) is 4.83. The maximum absolute atomic E-state index is 5.96. The second-order valence-electron chi connectivity index (χ2n) is 7.06. The third-order valence-corrected chi connectivity index (χ3v) is 4.83. The van der Waals surface area contributed by atoms with Gasteiger partial charge in [-0.2, -0.15) is 4.73 Å². The maximum atomic E-state index is 5.96. The smallest absolute Gasteiger partial charge is 0.120 e. The minimum absolute atomic E-state index is 0.608. The number of ether oxygens (including phenoxy) is 1. The highest BCUT2D eigenvalue weighted by molar-refractivity contribution is 6.20. The summed E-state index contributed by atoms with van der Waals surface area (Å²) in [5.41, 5.74) is 3.26. The van der Waals surface area contributed by atoms with Crippen LogP contribution in [0.15, 0.2) is 42.7 Å². The average molecular weight is 363 g/mol. The molecule has 0 saturated heterocycles. The lowest BCUT2D eigenvalue weighted by atomic mass is 10.0. The lowest BCUT2D eigenvalue weighted by molar-refractivity contribution is 0.142. The van der Waals surface area contributed by atoms with Gasteiger partial charge in [0.25, 0.3) is 0 Å². The first-order chi connectivity index (χ1) is 13.1. The van der Waals surface area contributed by atoms with Crippen molar-refractivity contribution in [3.63, 3.8) is 0 Å². The maximum Gasteiger partial charge on any atom is 0.120 e. The topological polar surface area (TPSA) is 39.5 Å². The Balaban J connectivity index is 1.89. The molecular weight excluding hydrogens is 338 g/mol. The SMILES string of the molecule is CCOn1c2ccc3cc(OCCN(C)C)ccc3c2c2cncc(C)c21. The summed E-state index contributed by atoms with van der Waals surface area (Å²) in [6, 6.07) is 10.5. The molecule has 0 aliphatic rings. The number of aryl methyl sites for hydroxylation is 1. The van der Waals surface area contributed by atoms with Crippen molar-refractivity contribution in [2.45, 2.75) is 13.8 Å². The van der Waals surface area contributed by atoms with E-state index >= 15 is 0 Å². The predicted molar refractivity (Wildman–Crippen MR) is 111 cm³/mol. The molecule has 0 saturated carbocycles. The Bertz CT molecular complexity index is 1120. The van der Waals surface area contributed by atoms with E-state index < -0.39 is 0 Å². The molecule has 4 aromatic rings. The summed E-state index contributed by atoms with van der Waals surface area (Å²) in [6.45, 7) is 6.25. The molecule has 0 radical (unpaired) electrons. The first-order valence-corrected chi connectivity index (χ1v) is 9.32. The highest BCUT2D eigenvalue weighted by atomic mass is 16.7. The van der Waals surface area contributed by atoms with Crippen LogP contribution in [0.3, 0.4) is 0 Å². The van der Waals surface area contributed by atoms with Crippen LogP contribution in [0.5, 0.6) is 5.75 Å². The number of fused-ring (bicyclic) bond motifs is 5. The quantitative estimate of drug-likeness (QED) is 0.518. The molecule has 0 bridgehead atoms. The molecule has 5 nitrogen and oxygen atoms in total. The number of pyridine rings is 1. The van der Waals surface area contributed by atoms with E-state index in [9.17, 15) is 0 Å². The predicted octanol–water partition coefficient (Wildman–Crippen LogP) is 4.04. The molecule has 0 unspecified atom stereocenters. The molecule has 2 heterocycles. The second-order valence-corrected chi connectivity index (χ2v) is 7.06. The molecule has 0 atom stereocenters. The van der Waals surface area contributed by atoms with E-state index in [1.165, 1.54) is 10.8 Å². The minimum Gasteiger partial charge on any atom is -0.492 e. The lowest BCUT2D eigenvalue weighted by Crippen LogP contribution is -2.19. The number of aromatic nitrogens is 2. The molecule has 140 valence electrons. The average Bonchev–Trinajstić information content (AvgIpc) is 2.97. The van der Waals surface area contributed by atoms with Gasteiger partial charge in [0.05, 0.1) is 11.0 Å². The van der Waals surface area contributed by atoms with Crippen molar-refractivity contribution in [1.82, 2.24) is 14.6 Å². The fourth-order valence-corrected chi connectivity index (χ4v) is 3.58. The molecule has 4 rings (SSSR count). The molecule has 0 N–H and O–H groups in total. The fourth-order valence-electron chi connectivity index (χ4n) is 3.58. The van der Waals surface area contributed by atoms with Gasteiger partial charge in [0.15, 0.2) is 0 Å². The number of likely N-dealkylation sites (N-methyl/N-ethyl adjacent to an activating group) is 1. The number of rotatable bonds is 6. The highest BCUT2D eigenvalue weighted by Crippen LogP contribution is 2.36. The Hall–Kier alpha value is -2.79. The van der Waals surface area contributed by atoms with Crippen molar-refractivity contribution in [3.8, 4) is 5.75 Å². The molecule has 0 aliphatic heterocycles. The molecule has 2 aromatic carbocycles. The van der Waals surface area contributed by atoms with Gasteiger partial charge in [-0.15, -0.1) is 0 Å². The van der Waals surface area contributed by atoms with Gasteiger partial charge < -0.3 is 14.5 Å². The molecule has 0 amide bonds. The van der Waals surface area contributed by atoms with Crippen LogP contribution in [-0.4, -0.2) is 48.5 Å². The zero-order valence-corrected chi connectivity index (χ0v) is 16.3. The van der Waals surface area contributed by atoms with E-state index in [2.05, 4.69) is 41.1 Å². The molecule has 0 fully saturated rings. The van der Waals surface area contributed by atoms with Gasteiger partial charge in [-0.05, 0) is 68.5 Å². The fraction of sp³-hybridized carbons (Fsp3) is 0.318. The van der Waals surface area contributed by atoms with Crippen LogP contribution in [0, 0.1) is 6.92 Å². The van der Waals surface area contributed by atoms with Crippen LogP contribution < -0.4 is 9.57 Å². The molecule has 0 aliphatic carbocycles. The lowest BCUT2D eigenvalue weighted by Gasteiger charge is -2.12. The van der Waals surface area contributed by atoms with Crippen molar-refractivity contribution in [1.29, 1.82) is 0 Å². The van der Waals surface area contributed by atoms with Crippen molar-refractivity contribution >= 4 is 32.6 Å². The Kier molecular flexibility index (Phi) is 4.62. The van der Waals surface area contributed by atoms with Gasteiger partial charge in [-0.25, -0.2) is 0 Å². The molecule has 27 heavy (non-hydrogen) atoms. The van der Waals surface area contributed by atoms with Crippen molar-refractivity contribution in [3.05, 3.63) is 48.3 Å². The Morgan fingerprint density at radius 2 is 1.93 bits per heavy atom. The second kappa shape index (κ2) is 7.08. The molecule has 2 aromatic heterocycles. The summed E-state index contributed by atoms with van der Waals surface area (Å²) in [7, 11) is 4.09. The number of benzene rings is 2. The van der Waals surface area contributed by atoms with Crippen LogP contribution in [0.4, 0.5) is 0 Å². The summed E-state index contributed by atoms with van der Waals surface area (Å²) in [5, 5.41) is 4.63. The first-order valence-electron chi connectivity index (χ1n) is 9.32. The van der Waals surface area contributed by atoms with Gasteiger partial charge in [0.2, 0.25) is 0 Å². The zero-order valence-electron chi connectivity index (χ0n) is 16.3. The summed E-state index contributed by atoms with van der Waals surface area (Å²) >= 11 is 0. The Morgan fingerprint density at radius 1 is 1.07 bits per heavy atom. The zero-order chi connectivity index (χ0) is 19.0. The van der Waals surface area contributed by atoms with E-state index in [0.717, 1.165) is 39.7 Å². The van der Waals surface area contributed by atoms with Crippen LogP contribution >= 0.6 is 0 Å². The highest BCUT2D eigenvalue weighted by Gasteiger charge is 2.16.